The van der Waals surface area contributed by atoms with Crippen molar-refractivity contribution < 1.29 is 4.79 Å². The lowest BCUT2D eigenvalue weighted by atomic mass is 9.87. The third-order valence-electron chi connectivity index (χ3n) is 5.49. The molecule has 4 nitrogen and oxygen atoms in total. The van der Waals surface area contributed by atoms with E-state index in [-0.39, 0.29) is 11.3 Å². The van der Waals surface area contributed by atoms with Crippen LogP contribution in [-0.4, -0.2) is 17.4 Å². The lowest BCUT2D eigenvalue weighted by molar-refractivity contribution is 0.102. The number of hydrogen-bond acceptors (Lipinski definition) is 3. The van der Waals surface area contributed by atoms with Crippen LogP contribution in [0.15, 0.2) is 67.0 Å². The summed E-state index contributed by atoms with van der Waals surface area (Å²) in [5.41, 5.74) is 6.42. The Bertz CT molecular complexity index is 1020. The van der Waals surface area contributed by atoms with E-state index in [4.69, 9.17) is 0 Å². The van der Waals surface area contributed by atoms with Gasteiger partial charge in [0.25, 0.3) is 5.91 Å². The predicted molar refractivity (Wildman–Crippen MR) is 119 cm³/mol. The predicted octanol–water partition coefficient (Wildman–Crippen LogP) is 5.19. The van der Waals surface area contributed by atoms with Crippen molar-refractivity contribution in [2.45, 2.75) is 39.2 Å². The molecule has 1 aromatic heterocycles. The highest BCUT2D eigenvalue weighted by Crippen LogP contribution is 2.26. The van der Waals surface area contributed by atoms with E-state index in [0.29, 0.717) is 5.56 Å². The van der Waals surface area contributed by atoms with Crippen LogP contribution < -0.4 is 10.2 Å². The Labute approximate surface area is 172 Å². The van der Waals surface area contributed by atoms with E-state index in [1.807, 2.05) is 24.4 Å². The molecule has 148 valence electrons. The summed E-state index contributed by atoms with van der Waals surface area (Å²) in [7, 11) is 0. The highest BCUT2D eigenvalue weighted by atomic mass is 16.1. The largest absolute Gasteiger partial charge is 0.366 e. The van der Waals surface area contributed by atoms with Crippen molar-refractivity contribution >= 4 is 17.3 Å². The van der Waals surface area contributed by atoms with E-state index >= 15 is 0 Å². The van der Waals surface area contributed by atoms with Crippen molar-refractivity contribution in [3.63, 3.8) is 0 Å². The van der Waals surface area contributed by atoms with Gasteiger partial charge < -0.3 is 10.2 Å². The van der Waals surface area contributed by atoms with Gasteiger partial charge in [0.05, 0.1) is 17.4 Å². The first-order valence-corrected chi connectivity index (χ1v) is 10.1. The Kier molecular flexibility index (Phi) is 5.10. The average molecular weight is 386 g/mol. The summed E-state index contributed by atoms with van der Waals surface area (Å²) in [4.78, 5) is 19.4. The first-order valence-electron chi connectivity index (χ1n) is 10.1. The molecule has 0 fully saturated rings. The molecule has 4 rings (SSSR count). The molecule has 4 heteroatoms. The Morgan fingerprint density at radius 1 is 1.00 bits per heavy atom. The van der Waals surface area contributed by atoms with Crippen molar-refractivity contribution in [1.29, 1.82) is 0 Å². The van der Waals surface area contributed by atoms with Gasteiger partial charge in [-0.05, 0) is 46.7 Å². The zero-order valence-corrected chi connectivity index (χ0v) is 17.3. The number of fused-ring (bicyclic) bond motifs is 1. The summed E-state index contributed by atoms with van der Waals surface area (Å²) >= 11 is 0. The van der Waals surface area contributed by atoms with Gasteiger partial charge in [0.2, 0.25) is 0 Å². The second kappa shape index (κ2) is 7.70. The van der Waals surface area contributed by atoms with Crippen LogP contribution in [0.2, 0.25) is 0 Å². The molecule has 2 aromatic carbocycles. The summed E-state index contributed by atoms with van der Waals surface area (Å²) < 4.78 is 0. The van der Waals surface area contributed by atoms with E-state index in [1.54, 1.807) is 6.20 Å². The van der Waals surface area contributed by atoms with Gasteiger partial charge in [-0.2, -0.15) is 0 Å². The Hall–Kier alpha value is -3.14. The number of nitrogens with one attached hydrogen (secondary N) is 1. The van der Waals surface area contributed by atoms with Crippen LogP contribution in [0.3, 0.4) is 0 Å². The summed E-state index contributed by atoms with van der Waals surface area (Å²) in [5.74, 6) is -0.139. The maximum absolute atomic E-state index is 12.8. The van der Waals surface area contributed by atoms with Crippen LogP contribution >= 0.6 is 0 Å². The maximum atomic E-state index is 12.8. The second-order valence-corrected chi connectivity index (χ2v) is 8.65. The number of amides is 1. The molecule has 0 aliphatic carbocycles. The molecule has 0 saturated heterocycles. The zero-order valence-electron chi connectivity index (χ0n) is 17.3. The highest BCUT2D eigenvalue weighted by Gasteiger charge is 2.18. The molecule has 1 aliphatic heterocycles. The molecule has 0 atom stereocenters. The number of benzene rings is 2. The number of nitrogens with zero attached hydrogens (tertiary/aromatic N) is 2. The molecule has 2 heterocycles. The second-order valence-electron chi connectivity index (χ2n) is 8.65. The molecule has 3 aromatic rings. The summed E-state index contributed by atoms with van der Waals surface area (Å²) in [6.07, 6.45) is 4.47. The smallest absolute Gasteiger partial charge is 0.257 e. The number of pyridine rings is 1. The summed E-state index contributed by atoms with van der Waals surface area (Å²) in [5, 5.41) is 2.99. The van der Waals surface area contributed by atoms with E-state index in [2.05, 4.69) is 72.4 Å². The van der Waals surface area contributed by atoms with Crippen LogP contribution in [0, 0.1) is 0 Å². The molecule has 29 heavy (non-hydrogen) atoms. The lowest BCUT2D eigenvalue weighted by Crippen LogP contribution is -2.30. The standard InChI is InChI=1S/C25H27N3O/c1-25(2,3)21-8-10-22(11-9-21)27-24(29)20-14-23(16-26-15-20)28-13-12-18-6-4-5-7-19(18)17-28/h4-11,14-16H,12-13,17H2,1-3H3,(H,27,29). The first kappa shape index (κ1) is 19.2. The Balaban J connectivity index is 1.48. The van der Waals surface area contributed by atoms with Crippen molar-refractivity contribution in [3.8, 4) is 0 Å². The maximum Gasteiger partial charge on any atom is 0.257 e. The third kappa shape index (κ3) is 4.32. The highest BCUT2D eigenvalue weighted by molar-refractivity contribution is 6.04. The van der Waals surface area contributed by atoms with Gasteiger partial charge in [0.1, 0.15) is 0 Å². The fraction of sp³-hybridized carbons (Fsp3) is 0.280. The molecular weight excluding hydrogens is 358 g/mol. The summed E-state index contributed by atoms with van der Waals surface area (Å²) in [6.45, 7) is 8.31. The molecule has 0 bridgehead atoms. The van der Waals surface area contributed by atoms with Gasteiger partial charge >= 0.3 is 0 Å². The quantitative estimate of drug-likeness (QED) is 0.674. The molecular formula is C25H27N3O. The van der Waals surface area contributed by atoms with E-state index < -0.39 is 0 Å². The SMILES string of the molecule is CC(C)(C)c1ccc(NC(=O)c2cncc(N3CCc4ccccc4C3)c2)cc1. The topological polar surface area (TPSA) is 45.2 Å². The Morgan fingerprint density at radius 3 is 2.45 bits per heavy atom. The average Bonchev–Trinajstić information content (AvgIpc) is 2.73. The number of carbonyl (C=O) groups excluding carboxylic acids is 1. The monoisotopic (exact) mass is 385 g/mol. The fourth-order valence-electron chi connectivity index (χ4n) is 3.70. The third-order valence-corrected chi connectivity index (χ3v) is 5.49. The van der Waals surface area contributed by atoms with Crippen LogP contribution in [0.25, 0.3) is 0 Å². The van der Waals surface area contributed by atoms with E-state index in [9.17, 15) is 4.79 Å². The number of hydrogen-bond donors (Lipinski definition) is 1. The van der Waals surface area contributed by atoms with E-state index in [1.165, 1.54) is 16.7 Å². The number of carbonyl (C=O) groups is 1. The molecule has 0 unspecified atom stereocenters. The molecule has 0 radical (unpaired) electrons. The van der Waals surface area contributed by atoms with Crippen LogP contribution in [0.5, 0.6) is 0 Å². The molecule has 0 saturated carbocycles. The molecule has 1 N–H and O–H groups in total. The van der Waals surface area contributed by atoms with Gasteiger partial charge in [-0.25, -0.2) is 0 Å². The van der Waals surface area contributed by atoms with Crippen LogP contribution in [0.4, 0.5) is 11.4 Å². The van der Waals surface area contributed by atoms with Gasteiger partial charge in [-0.15, -0.1) is 0 Å². The van der Waals surface area contributed by atoms with Gasteiger partial charge in [-0.3, -0.25) is 9.78 Å². The van der Waals surface area contributed by atoms with Gasteiger partial charge in [0.15, 0.2) is 0 Å². The number of rotatable bonds is 3. The minimum atomic E-state index is -0.139. The molecule has 1 aliphatic rings. The molecule has 1 amide bonds. The minimum Gasteiger partial charge on any atom is -0.366 e. The fourth-order valence-corrected chi connectivity index (χ4v) is 3.70. The summed E-state index contributed by atoms with van der Waals surface area (Å²) in [6, 6.07) is 18.5. The van der Waals surface area contributed by atoms with Crippen molar-refractivity contribution in [2.24, 2.45) is 0 Å². The molecule has 0 spiro atoms. The van der Waals surface area contributed by atoms with E-state index in [0.717, 1.165) is 30.9 Å². The van der Waals surface area contributed by atoms with Crippen LogP contribution in [-0.2, 0) is 18.4 Å². The number of anilines is 2. The van der Waals surface area contributed by atoms with Crippen molar-refractivity contribution in [1.82, 2.24) is 4.98 Å². The Morgan fingerprint density at radius 2 is 1.72 bits per heavy atom. The normalized spacial score (nSPS) is 13.7. The van der Waals surface area contributed by atoms with Crippen molar-refractivity contribution in [2.75, 3.05) is 16.8 Å². The van der Waals surface area contributed by atoms with Crippen LogP contribution in [0.1, 0.15) is 47.8 Å². The first-order chi connectivity index (χ1) is 13.9. The van der Waals surface area contributed by atoms with Gasteiger partial charge in [0, 0.05) is 25.0 Å². The zero-order chi connectivity index (χ0) is 20.4. The van der Waals surface area contributed by atoms with Crippen molar-refractivity contribution in [3.05, 3.63) is 89.2 Å². The number of aromatic nitrogens is 1. The van der Waals surface area contributed by atoms with Gasteiger partial charge in [-0.1, -0.05) is 57.2 Å². The lowest BCUT2D eigenvalue weighted by Gasteiger charge is -2.30. The minimum absolute atomic E-state index is 0.0911.